The molecule has 1 aliphatic heterocycles. The lowest BCUT2D eigenvalue weighted by atomic mass is 10.1. The van der Waals surface area contributed by atoms with Crippen LogP contribution in [0, 0.1) is 0 Å². The zero-order valence-electron chi connectivity index (χ0n) is 10.5. The predicted octanol–water partition coefficient (Wildman–Crippen LogP) is 2.77. The number of benzene rings is 1. The van der Waals surface area contributed by atoms with Gasteiger partial charge in [0.25, 0.3) is 5.91 Å². The Morgan fingerprint density at radius 1 is 1.33 bits per heavy atom. The Bertz CT molecular complexity index is 464. The highest BCUT2D eigenvalue weighted by atomic mass is 35.5. The molecule has 0 aliphatic carbocycles. The molecule has 1 aromatic rings. The normalized spacial score (nSPS) is 21.1. The second-order valence-corrected chi connectivity index (χ2v) is 5.58. The fourth-order valence-corrected chi connectivity index (χ4v) is 2.75. The summed E-state index contributed by atoms with van der Waals surface area (Å²) in [7, 11) is 2.06. The third-order valence-corrected chi connectivity index (χ3v) is 3.80. The van der Waals surface area contributed by atoms with Crippen LogP contribution < -0.4 is 0 Å². The topological polar surface area (TPSA) is 23.6 Å². The molecule has 1 saturated heterocycles. The van der Waals surface area contributed by atoms with Crippen molar-refractivity contribution < 1.29 is 4.79 Å². The van der Waals surface area contributed by atoms with Gasteiger partial charge in [-0.2, -0.15) is 0 Å². The van der Waals surface area contributed by atoms with Gasteiger partial charge in [-0.05, 0) is 32.2 Å². The van der Waals surface area contributed by atoms with E-state index in [9.17, 15) is 4.79 Å². The molecule has 98 valence electrons. The minimum absolute atomic E-state index is 0.0164. The maximum atomic E-state index is 12.4. The van der Waals surface area contributed by atoms with Gasteiger partial charge in [0.05, 0.1) is 10.6 Å². The van der Waals surface area contributed by atoms with Crippen LogP contribution in [0.15, 0.2) is 18.2 Å². The molecule has 1 atom stereocenters. The largest absolute Gasteiger partial charge is 0.333 e. The number of piperazine rings is 1. The minimum Gasteiger partial charge on any atom is -0.333 e. The number of halogens is 2. The van der Waals surface area contributed by atoms with Crippen LogP contribution in [0.4, 0.5) is 0 Å². The Labute approximate surface area is 117 Å². The molecule has 5 heteroatoms. The third kappa shape index (κ3) is 2.79. The fraction of sp³-hybridized carbons (Fsp3) is 0.462. The maximum Gasteiger partial charge on any atom is 0.255 e. The summed E-state index contributed by atoms with van der Waals surface area (Å²) in [5, 5.41) is 0.960. The second kappa shape index (κ2) is 5.47. The van der Waals surface area contributed by atoms with Gasteiger partial charge in [-0.15, -0.1) is 0 Å². The van der Waals surface area contributed by atoms with E-state index in [4.69, 9.17) is 23.2 Å². The highest BCUT2D eigenvalue weighted by Gasteiger charge is 2.27. The molecule has 2 rings (SSSR count). The van der Waals surface area contributed by atoms with Crippen LogP contribution in [0.1, 0.15) is 17.3 Å². The highest BCUT2D eigenvalue weighted by Crippen LogP contribution is 2.23. The highest BCUT2D eigenvalue weighted by molar-refractivity contribution is 6.36. The van der Waals surface area contributed by atoms with Gasteiger partial charge in [-0.25, -0.2) is 0 Å². The van der Waals surface area contributed by atoms with E-state index >= 15 is 0 Å². The molecular formula is C13H16Cl2N2O. The smallest absolute Gasteiger partial charge is 0.255 e. The summed E-state index contributed by atoms with van der Waals surface area (Å²) in [5.74, 6) is -0.0164. The number of amides is 1. The van der Waals surface area contributed by atoms with Gasteiger partial charge >= 0.3 is 0 Å². The van der Waals surface area contributed by atoms with Gasteiger partial charge in [0.2, 0.25) is 0 Å². The van der Waals surface area contributed by atoms with Crippen molar-refractivity contribution in [1.29, 1.82) is 0 Å². The zero-order valence-corrected chi connectivity index (χ0v) is 12.0. The van der Waals surface area contributed by atoms with E-state index in [-0.39, 0.29) is 11.9 Å². The lowest BCUT2D eigenvalue weighted by Gasteiger charge is -2.38. The molecular weight excluding hydrogens is 271 g/mol. The summed E-state index contributed by atoms with van der Waals surface area (Å²) in [6.07, 6.45) is 0. The monoisotopic (exact) mass is 286 g/mol. The second-order valence-electron chi connectivity index (χ2n) is 4.73. The molecule has 3 nitrogen and oxygen atoms in total. The van der Waals surface area contributed by atoms with Gasteiger partial charge < -0.3 is 9.80 Å². The van der Waals surface area contributed by atoms with Crippen LogP contribution in [0.2, 0.25) is 10.0 Å². The molecule has 1 heterocycles. The average molecular weight is 287 g/mol. The summed E-state index contributed by atoms with van der Waals surface area (Å²) in [4.78, 5) is 16.5. The first-order valence-electron chi connectivity index (χ1n) is 5.93. The van der Waals surface area contributed by atoms with Crippen LogP contribution >= 0.6 is 23.2 Å². The summed E-state index contributed by atoms with van der Waals surface area (Å²) in [6, 6.07) is 5.19. The first kappa shape index (κ1) is 13.7. The maximum absolute atomic E-state index is 12.4. The number of carbonyl (C=O) groups is 1. The Morgan fingerprint density at radius 3 is 2.67 bits per heavy atom. The molecule has 1 aromatic carbocycles. The first-order valence-corrected chi connectivity index (χ1v) is 6.69. The molecule has 1 fully saturated rings. The van der Waals surface area contributed by atoms with Crippen molar-refractivity contribution in [2.45, 2.75) is 13.0 Å². The molecule has 18 heavy (non-hydrogen) atoms. The van der Waals surface area contributed by atoms with Gasteiger partial charge in [0.15, 0.2) is 0 Å². The van der Waals surface area contributed by atoms with E-state index in [1.165, 1.54) is 0 Å². The van der Waals surface area contributed by atoms with Crippen molar-refractivity contribution in [2.24, 2.45) is 0 Å². The average Bonchev–Trinajstić information content (AvgIpc) is 2.28. The van der Waals surface area contributed by atoms with Crippen LogP contribution in [0.5, 0.6) is 0 Å². The number of hydrogen-bond acceptors (Lipinski definition) is 2. The summed E-state index contributed by atoms with van der Waals surface area (Å²) in [6.45, 7) is 4.56. The van der Waals surface area contributed by atoms with E-state index < -0.39 is 0 Å². The van der Waals surface area contributed by atoms with Crippen molar-refractivity contribution >= 4 is 29.1 Å². The Balaban J connectivity index is 2.20. The number of nitrogens with zero attached hydrogens (tertiary/aromatic N) is 2. The summed E-state index contributed by atoms with van der Waals surface area (Å²) >= 11 is 11.9. The SMILES string of the molecule is CC1CN(C)CCN1C(=O)c1ccc(Cl)cc1Cl. The minimum atomic E-state index is -0.0164. The predicted molar refractivity (Wildman–Crippen MR) is 74.5 cm³/mol. The van der Waals surface area contributed by atoms with Crippen LogP contribution in [-0.4, -0.2) is 48.4 Å². The van der Waals surface area contributed by atoms with Crippen molar-refractivity contribution in [3.63, 3.8) is 0 Å². The van der Waals surface area contributed by atoms with Crippen molar-refractivity contribution in [1.82, 2.24) is 9.80 Å². The summed E-state index contributed by atoms with van der Waals surface area (Å²) < 4.78 is 0. The Kier molecular flexibility index (Phi) is 4.15. The number of likely N-dealkylation sites (N-methyl/N-ethyl adjacent to an activating group) is 1. The number of rotatable bonds is 1. The molecule has 1 aliphatic rings. The summed E-state index contributed by atoms with van der Waals surface area (Å²) in [5.41, 5.74) is 0.525. The number of hydrogen-bond donors (Lipinski definition) is 0. The molecule has 1 amide bonds. The molecule has 1 unspecified atom stereocenters. The number of carbonyl (C=O) groups excluding carboxylic acids is 1. The zero-order chi connectivity index (χ0) is 13.3. The van der Waals surface area contributed by atoms with E-state index in [0.29, 0.717) is 15.6 Å². The van der Waals surface area contributed by atoms with Gasteiger partial charge in [-0.1, -0.05) is 23.2 Å². The quantitative estimate of drug-likeness (QED) is 0.793. The van der Waals surface area contributed by atoms with Crippen LogP contribution in [0.25, 0.3) is 0 Å². The van der Waals surface area contributed by atoms with E-state index in [1.54, 1.807) is 18.2 Å². The Morgan fingerprint density at radius 2 is 2.06 bits per heavy atom. The van der Waals surface area contributed by atoms with Crippen molar-refractivity contribution in [3.8, 4) is 0 Å². The van der Waals surface area contributed by atoms with Crippen molar-refractivity contribution in [3.05, 3.63) is 33.8 Å². The molecule has 0 N–H and O–H groups in total. The van der Waals surface area contributed by atoms with E-state index in [2.05, 4.69) is 18.9 Å². The van der Waals surface area contributed by atoms with Crippen molar-refractivity contribution in [2.75, 3.05) is 26.7 Å². The van der Waals surface area contributed by atoms with E-state index in [0.717, 1.165) is 19.6 Å². The molecule has 0 radical (unpaired) electrons. The van der Waals surface area contributed by atoms with Crippen LogP contribution in [0.3, 0.4) is 0 Å². The lowest BCUT2D eigenvalue weighted by Crippen LogP contribution is -2.52. The van der Waals surface area contributed by atoms with Gasteiger partial charge in [0, 0.05) is 30.7 Å². The molecule has 0 saturated carbocycles. The van der Waals surface area contributed by atoms with Gasteiger partial charge in [-0.3, -0.25) is 4.79 Å². The Hall–Kier alpha value is -0.770. The molecule has 0 bridgehead atoms. The van der Waals surface area contributed by atoms with Crippen LogP contribution in [-0.2, 0) is 0 Å². The van der Waals surface area contributed by atoms with Gasteiger partial charge in [0.1, 0.15) is 0 Å². The van der Waals surface area contributed by atoms with E-state index in [1.807, 2.05) is 4.90 Å². The fourth-order valence-electron chi connectivity index (χ4n) is 2.26. The standard InChI is InChI=1S/C13H16Cl2N2O/c1-9-8-16(2)5-6-17(9)13(18)11-4-3-10(14)7-12(11)15/h3-4,7,9H,5-6,8H2,1-2H3. The molecule has 0 spiro atoms. The lowest BCUT2D eigenvalue weighted by molar-refractivity contribution is 0.0534. The first-order chi connectivity index (χ1) is 8.49. The molecule has 0 aromatic heterocycles. The third-order valence-electron chi connectivity index (χ3n) is 3.25.